The largest absolute Gasteiger partial charge is 0.407 e. The summed E-state index contributed by atoms with van der Waals surface area (Å²) in [5.41, 5.74) is 2.47. The molecule has 1 atom stereocenters. The fourth-order valence-corrected chi connectivity index (χ4v) is 12.0. The van der Waals surface area contributed by atoms with Crippen molar-refractivity contribution in [3.05, 3.63) is 121 Å². The van der Waals surface area contributed by atoms with Gasteiger partial charge in [0.2, 0.25) is 5.91 Å². The summed E-state index contributed by atoms with van der Waals surface area (Å²) in [6.07, 6.45) is 0.237. The molecule has 7 nitrogen and oxygen atoms in total. The Morgan fingerprint density at radius 2 is 1.24 bits per heavy atom. The first kappa shape index (κ1) is 33.3. The van der Waals surface area contributed by atoms with Gasteiger partial charge < -0.3 is 14.6 Å². The average Bonchev–Trinajstić information content (AvgIpc) is 3.06. The summed E-state index contributed by atoms with van der Waals surface area (Å²) in [4.78, 5) is 29.0. The van der Waals surface area contributed by atoms with Crippen molar-refractivity contribution >= 4 is 40.3 Å². The fourth-order valence-electron chi connectivity index (χ4n) is 6.19. The van der Waals surface area contributed by atoms with Crippen LogP contribution in [0, 0.1) is 0 Å². The van der Waals surface area contributed by atoms with Crippen molar-refractivity contribution < 1.29 is 22.4 Å². The third-order valence-electron chi connectivity index (χ3n) is 8.66. The monoisotopic (exact) mass is 654 g/mol. The molecule has 1 aliphatic rings. The summed E-state index contributed by atoms with van der Waals surface area (Å²) >= 11 is 0. The van der Waals surface area contributed by atoms with Crippen LogP contribution in [0.4, 0.5) is 0 Å². The highest BCUT2D eigenvalue weighted by Crippen LogP contribution is 2.37. The van der Waals surface area contributed by atoms with Crippen LogP contribution >= 0.6 is 0 Å². The van der Waals surface area contributed by atoms with Crippen molar-refractivity contribution in [1.29, 1.82) is 0 Å². The number of carbonyl (C=O) groups is 2. The quantitative estimate of drug-likeness (QED) is 0.251. The number of hydrogen-bond donors (Lipinski definition) is 1. The van der Waals surface area contributed by atoms with Crippen molar-refractivity contribution in [3.63, 3.8) is 0 Å². The van der Waals surface area contributed by atoms with Crippen molar-refractivity contribution in [3.8, 4) is 11.1 Å². The summed E-state index contributed by atoms with van der Waals surface area (Å²) < 4.78 is 31.2. The lowest BCUT2D eigenvalue weighted by atomic mass is 10.0. The molecule has 1 unspecified atom stereocenters. The maximum Gasteiger partial charge on any atom is 0.261 e. The Morgan fingerprint density at radius 1 is 0.761 bits per heavy atom. The van der Waals surface area contributed by atoms with Gasteiger partial charge in [-0.25, -0.2) is 8.42 Å². The molecule has 1 fully saturated rings. The highest BCUT2D eigenvalue weighted by molar-refractivity contribution is 7.91. The van der Waals surface area contributed by atoms with Crippen LogP contribution in [0.3, 0.4) is 0 Å². The van der Waals surface area contributed by atoms with E-state index >= 15 is 0 Å². The highest BCUT2D eigenvalue weighted by atomic mass is 32.2. The zero-order valence-electron chi connectivity index (χ0n) is 26.7. The number of nitrogens with one attached hydrogen (secondary N) is 1. The number of nitrogens with zero attached hydrogens (tertiary/aromatic N) is 1. The summed E-state index contributed by atoms with van der Waals surface area (Å²) in [6, 6.07) is 36.8. The summed E-state index contributed by atoms with van der Waals surface area (Å²) in [5, 5.41) is 4.97. The fraction of sp³-hybridized carbons (Fsp3) is 0.297. The molecule has 0 aromatic heterocycles. The second-order valence-corrected chi connectivity index (χ2v) is 19.4. The average molecular weight is 655 g/mol. The molecular formula is C37H42N2O5SSi. The van der Waals surface area contributed by atoms with E-state index in [1.165, 1.54) is 0 Å². The standard InChI is InChI=1S/C37H42N2O5SSi/c1-37(2,3)46(32-15-9-5-10-16-32,33-17-11-6-12-18-33)44-26-23-34(36(41)39-24-27-45(42,43)28-25-39)38-35(40)31-21-19-30(20-22-31)29-13-7-4-8-14-29/h4-22,34H,23-28H2,1-3H3,(H,38,40). The summed E-state index contributed by atoms with van der Waals surface area (Å²) in [7, 11) is -6.05. The minimum Gasteiger partial charge on any atom is -0.407 e. The lowest BCUT2D eigenvalue weighted by Crippen LogP contribution is -2.66. The van der Waals surface area contributed by atoms with Crippen LogP contribution in [0.5, 0.6) is 0 Å². The molecule has 1 heterocycles. The van der Waals surface area contributed by atoms with Crippen LogP contribution in [0.25, 0.3) is 11.1 Å². The Hall–Kier alpha value is -4.05. The van der Waals surface area contributed by atoms with Gasteiger partial charge in [0.05, 0.1) is 11.5 Å². The Balaban J connectivity index is 1.40. The molecule has 1 saturated heterocycles. The van der Waals surface area contributed by atoms with Crippen molar-refractivity contribution in [1.82, 2.24) is 10.2 Å². The number of amides is 2. The van der Waals surface area contributed by atoms with E-state index in [1.54, 1.807) is 17.0 Å². The van der Waals surface area contributed by atoms with E-state index in [2.05, 4.69) is 50.4 Å². The Morgan fingerprint density at radius 3 is 1.74 bits per heavy atom. The van der Waals surface area contributed by atoms with E-state index in [9.17, 15) is 18.0 Å². The van der Waals surface area contributed by atoms with Crippen molar-refractivity contribution in [2.75, 3.05) is 31.2 Å². The lowest BCUT2D eigenvalue weighted by molar-refractivity contribution is -0.133. The molecule has 0 spiro atoms. The van der Waals surface area contributed by atoms with Crippen LogP contribution < -0.4 is 15.7 Å². The third kappa shape index (κ3) is 7.49. The van der Waals surface area contributed by atoms with E-state index in [4.69, 9.17) is 4.43 Å². The predicted octanol–water partition coefficient (Wildman–Crippen LogP) is 4.68. The van der Waals surface area contributed by atoms with Crippen LogP contribution in [0.2, 0.25) is 5.04 Å². The molecule has 9 heteroatoms. The summed E-state index contributed by atoms with van der Waals surface area (Å²) in [6.45, 7) is 7.01. The van der Waals surface area contributed by atoms with Crippen LogP contribution in [-0.2, 0) is 19.1 Å². The Kier molecular flexibility index (Phi) is 10.2. The number of benzene rings is 4. The van der Waals surface area contributed by atoms with Crippen molar-refractivity contribution in [2.45, 2.75) is 38.3 Å². The highest BCUT2D eigenvalue weighted by Gasteiger charge is 2.50. The molecule has 0 aliphatic carbocycles. The maximum atomic E-state index is 13.9. The Bertz CT molecular complexity index is 1670. The third-order valence-corrected chi connectivity index (χ3v) is 15.3. The lowest BCUT2D eigenvalue weighted by Gasteiger charge is -2.43. The number of rotatable bonds is 10. The van der Waals surface area contributed by atoms with Crippen LogP contribution in [0.15, 0.2) is 115 Å². The van der Waals surface area contributed by atoms with Gasteiger partial charge in [0.1, 0.15) is 6.04 Å². The number of sulfone groups is 1. The summed E-state index contributed by atoms with van der Waals surface area (Å²) in [5.74, 6) is -0.832. The predicted molar refractivity (Wildman–Crippen MR) is 187 cm³/mol. The molecule has 46 heavy (non-hydrogen) atoms. The van der Waals surface area contributed by atoms with Gasteiger partial charge >= 0.3 is 0 Å². The first-order valence-electron chi connectivity index (χ1n) is 15.7. The molecule has 0 saturated carbocycles. The first-order chi connectivity index (χ1) is 22.0. The van der Waals surface area contributed by atoms with Gasteiger partial charge in [-0.1, -0.05) is 124 Å². The zero-order chi connectivity index (χ0) is 32.8. The molecule has 5 rings (SSSR count). The molecule has 0 bridgehead atoms. The molecule has 1 aliphatic heterocycles. The van der Waals surface area contributed by atoms with Gasteiger partial charge in [-0.2, -0.15) is 0 Å². The van der Waals surface area contributed by atoms with Crippen molar-refractivity contribution in [2.24, 2.45) is 0 Å². The number of hydrogen-bond acceptors (Lipinski definition) is 5. The van der Waals surface area contributed by atoms with Crippen LogP contribution in [0.1, 0.15) is 37.6 Å². The van der Waals surface area contributed by atoms with Gasteiger partial charge in [0.25, 0.3) is 14.2 Å². The minimum atomic E-state index is -3.18. The van der Waals surface area contributed by atoms with Crippen LogP contribution in [-0.4, -0.2) is 70.7 Å². The van der Waals surface area contributed by atoms with E-state index in [0.29, 0.717) is 5.56 Å². The Labute approximate surface area is 273 Å². The molecule has 2 amide bonds. The normalized spacial score (nSPS) is 15.6. The second kappa shape index (κ2) is 14.2. The molecule has 4 aromatic rings. The van der Waals surface area contributed by atoms with Gasteiger partial charge in [0, 0.05) is 25.3 Å². The van der Waals surface area contributed by atoms with Gasteiger partial charge in [-0.05, 0) is 45.1 Å². The van der Waals surface area contributed by atoms with E-state index in [-0.39, 0.29) is 54.5 Å². The zero-order valence-corrected chi connectivity index (χ0v) is 28.5. The van der Waals surface area contributed by atoms with Gasteiger partial charge in [-0.15, -0.1) is 0 Å². The molecule has 240 valence electrons. The maximum absolute atomic E-state index is 13.9. The SMILES string of the molecule is CC(C)(C)[Si](OCCC(NC(=O)c1ccc(-c2ccccc2)cc1)C(=O)N1CCS(=O)(=O)CC1)(c1ccccc1)c1ccccc1. The molecule has 1 N–H and O–H groups in total. The topological polar surface area (TPSA) is 92.8 Å². The van der Waals surface area contributed by atoms with E-state index in [0.717, 1.165) is 21.5 Å². The molecule has 0 radical (unpaired) electrons. The minimum absolute atomic E-state index is 0.0844. The van der Waals surface area contributed by atoms with Gasteiger partial charge in [0.15, 0.2) is 9.84 Å². The van der Waals surface area contributed by atoms with E-state index < -0.39 is 24.2 Å². The molecule has 4 aromatic carbocycles. The number of carbonyl (C=O) groups excluding carboxylic acids is 2. The van der Waals surface area contributed by atoms with Gasteiger partial charge in [-0.3, -0.25) is 9.59 Å². The molecular weight excluding hydrogens is 613 g/mol. The second-order valence-electron chi connectivity index (χ2n) is 12.7. The van der Waals surface area contributed by atoms with E-state index in [1.807, 2.05) is 78.9 Å². The first-order valence-corrected chi connectivity index (χ1v) is 19.4. The smallest absolute Gasteiger partial charge is 0.261 e.